The predicted molar refractivity (Wildman–Crippen MR) is 68.1 cm³/mol. The van der Waals surface area contributed by atoms with Gasteiger partial charge in [0.1, 0.15) is 0 Å². The van der Waals surface area contributed by atoms with Crippen LogP contribution in [0.3, 0.4) is 0 Å². The monoisotopic (exact) mass is 274 g/mol. The van der Waals surface area contributed by atoms with Gasteiger partial charge in [-0.3, -0.25) is 9.90 Å². The summed E-state index contributed by atoms with van der Waals surface area (Å²) in [5, 5.41) is 20.5. The minimum Gasteiger partial charge on any atom is -0.478 e. The van der Waals surface area contributed by atoms with Crippen LogP contribution in [0.5, 0.6) is 5.75 Å². The number of ketones is 1. The third-order valence-electron chi connectivity index (χ3n) is 2.81. The molecule has 2 aromatic rings. The number of carboxylic acid groups (broad SMARTS) is 1. The van der Waals surface area contributed by atoms with Crippen molar-refractivity contribution in [3.05, 3.63) is 47.5 Å². The first-order chi connectivity index (χ1) is 9.49. The number of benzene rings is 1. The van der Waals surface area contributed by atoms with E-state index in [0.717, 1.165) is 18.2 Å². The van der Waals surface area contributed by atoms with E-state index < -0.39 is 23.5 Å². The Balaban J connectivity index is 2.23. The first-order valence-electron chi connectivity index (χ1n) is 5.81. The Kier molecular flexibility index (Phi) is 3.81. The summed E-state index contributed by atoms with van der Waals surface area (Å²) in [5.41, 5.74) is 6.00. The van der Waals surface area contributed by atoms with E-state index in [1.165, 1.54) is 6.33 Å². The average Bonchev–Trinajstić information content (AvgIpc) is 2.91. The van der Waals surface area contributed by atoms with Crippen LogP contribution in [0, 0.1) is 0 Å². The summed E-state index contributed by atoms with van der Waals surface area (Å²) in [4.78, 5) is 29.6. The van der Waals surface area contributed by atoms with E-state index in [4.69, 9.17) is 10.8 Å². The third-order valence-corrected chi connectivity index (χ3v) is 2.81. The number of aromatic amines is 1. The van der Waals surface area contributed by atoms with Gasteiger partial charge in [0, 0.05) is 12.6 Å². The largest absolute Gasteiger partial charge is 0.478 e. The molecular weight excluding hydrogens is 262 g/mol. The van der Waals surface area contributed by atoms with Crippen LogP contribution in [0.25, 0.3) is 0 Å². The first kappa shape index (κ1) is 13.8. The second kappa shape index (κ2) is 5.54. The number of hydrogen-bond acceptors (Lipinski definition) is 4. The van der Waals surface area contributed by atoms with Crippen LogP contribution in [0.15, 0.2) is 30.7 Å². The lowest BCUT2D eigenvalue weighted by Crippen LogP contribution is -2.33. The number of aromatic nitrogens is 2. The second-order valence-corrected chi connectivity index (χ2v) is 4.25. The van der Waals surface area contributed by atoms with E-state index in [-0.39, 0.29) is 17.5 Å². The van der Waals surface area contributed by atoms with Gasteiger partial charge >= 0.3 is 5.97 Å². The molecule has 103 valence electrons. The fraction of sp³-hybridized carbons (Fsp3) is 0.154. The van der Waals surface area contributed by atoms with Gasteiger partial charge in [-0.2, -0.15) is 0 Å². The number of nitrogens with one attached hydrogen (secondary N) is 1. The van der Waals surface area contributed by atoms with E-state index in [2.05, 4.69) is 9.97 Å². The van der Waals surface area contributed by atoms with Crippen LogP contribution in [0.2, 0.25) is 0 Å². The van der Waals surface area contributed by atoms with Crippen LogP contribution in [0.4, 0.5) is 0 Å². The number of rotatable bonds is 5. The first-order valence-corrected chi connectivity index (χ1v) is 5.81. The summed E-state index contributed by atoms with van der Waals surface area (Å²) >= 11 is 0. The van der Waals surface area contributed by atoms with Gasteiger partial charge in [-0.25, -0.2) is 9.78 Å². The molecule has 0 saturated carbocycles. The van der Waals surface area contributed by atoms with E-state index in [9.17, 15) is 14.7 Å². The van der Waals surface area contributed by atoms with Crippen LogP contribution in [-0.2, 0) is 11.5 Å². The molecule has 0 aliphatic heterocycles. The Morgan fingerprint density at radius 2 is 2.15 bits per heavy atom. The van der Waals surface area contributed by atoms with E-state index >= 15 is 0 Å². The quantitative estimate of drug-likeness (QED) is 0.700. The second-order valence-electron chi connectivity index (χ2n) is 4.25. The number of aromatic carboxylic acids is 1. The normalized spacial score (nSPS) is 12.1. The molecule has 0 amide bonds. The lowest BCUT2D eigenvalue weighted by atomic mass is 9.98. The van der Waals surface area contributed by atoms with Crippen molar-refractivity contribution >= 4 is 11.8 Å². The molecule has 20 heavy (non-hydrogen) atoms. The Bertz CT molecular complexity index is 637. The molecule has 0 bridgehead atoms. The van der Waals surface area contributed by atoms with Gasteiger partial charge < -0.3 is 15.8 Å². The van der Waals surface area contributed by atoms with E-state index in [1.807, 2.05) is 0 Å². The summed E-state index contributed by atoms with van der Waals surface area (Å²) < 4.78 is 0. The Morgan fingerprint density at radius 3 is 2.75 bits per heavy atom. The Labute approximate surface area is 114 Å². The van der Waals surface area contributed by atoms with Crippen LogP contribution < -0.4 is 5.73 Å². The molecule has 1 heterocycles. The molecule has 7 nitrogen and oxygen atoms in total. The maximum absolute atomic E-state index is 12.1. The average molecular weight is 274 g/mol. The highest BCUT2D eigenvalue weighted by Gasteiger charge is 2.22. The lowest BCUT2D eigenvalue weighted by Gasteiger charge is -2.10. The van der Waals surface area contributed by atoms with Gasteiger partial charge in [-0.1, -0.05) is 0 Å². The van der Waals surface area contributed by atoms with Crippen LogP contribution in [-0.4, -0.2) is 32.9 Å². The van der Waals surface area contributed by atoms with Gasteiger partial charge in [0.15, 0.2) is 11.5 Å². The summed E-state index contributed by atoms with van der Waals surface area (Å²) in [7, 11) is 0. The van der Waals surface area contributed by atoms with Crippen molar-refractivity contribution in [3.63, 3.8) is 0 Å². The van der Waals surface area contributed by atoms with Crippen LogP contribution >= 0.6 is 0 Å². The molecule has 0 saturated heterocycles. The Hall–Kier alpha value is -2.67. The third kappa shape index (κ3) is 2.83. The number of nitrogens with two attached hydrogens (primary N) is 1. The van der Waals surface area contributed by atoms with Gasteiger partial charge in [0.25, 0.3) is 0 Å². The number of imidazole rings is 1. The van der Waals surface area contributed by atoms with Crippen LogP contribution in [0.1, 0.15) is 26.4 Å². The number of hydrogen-bond donors (Lipinski definition) is 3. The number of carboxylic acids is 1. The molecule has 1 radical (unpaired) electrons. The zero-order valence-corrected chi connectivity index (χ0v) is 10.4. The number of Topliss-reactive ketones (excluding diaryl/α,β-unsaturated/α-hetero) is 1. The highest BCUT2D eigenvalue weighted by Crippen LogP contribution is 2.21. The zero-order valence-electron chi connectivity index (χ0n) is 10.4. The lowest BCUT2D eigenvalue weighted by molar-refractivity contribution is 0.0697. The SMILES string of the molecule is N[C@@H](Cc1c[nH]cn1)C(=O)c1cc(C(=O)O)ccc1[O]. The van der Waals surface area contributed by atoms with Crippen molar-refractivity contribution in [1.82, 2.24) is 9.97 Å². The summed E-state index contributed by atoms with van der Waals surface area (Å²) in [6, 6.07) is 2.31. The van der Waals surface area contributed by atoms with Crippen molar-refractivity contribution in [2.75, 3.05) is 0 Å². The summed E-state index contributed by atoms with van der Waals surface area (Å²) in [6.45, 7) is 0. The van der Waals surface area contributed by atoms with E-state index in [0.29, 0.717) is 5.69 Å². The smallest absolute Gasteiger partial charge is 0.335 e. The molecule has 0 unspecified atom stereocenters. The maximum Gasteiger partial charge on any atom is 0.335 e. The topological polar surface area (TPSA) is 129 Å². The van der Waals surface area contributed by atoms with Crippen molar-refractivity contribution in [2.45, 2.75) is 12.5 Å². The minimum atomic E-state index is -1.21. The van der Waals surface area contributed by atoms with E-state index in [1.54, 1.807) is 6.20 Å². The summed E-state index contributed by atoms with van der Waals surface area (Å²) in [5.74, 6) is -2.35. The molecule has 1 atom stereocenters. The molecule has 0 aliphatic carbocycles. The number of carbonyl (C=O) groups excluding carboxylic acids is 1. The zero-order chi connectivity index (χ0) is 14.7. The number of H-pyrrole nitrogens is 1. The minimum absolute atomic E-state index is 0.125. The fourth-order valence-corrected chi connectivity index (χ4v) is 1.78. The molecule has 7 heteroatoms. The van der Waals surface area contributed by atoms with Gasteiger partial charge in [-0.05, 0) is 18.2 Å². The number of nitrogens with zero attached hydrogens (tertiary/aromatic N) is 1. The maximum atomic E-state index is 12.1. The molecule has 0 fully saturated rings. The van der Waals surface area contributed by atoms with Crippen molar-refractivity contribution in [2.24, 2.45) is 5.73 Å². The molecule has 0 aliphatic rings. The van der Waals surface area contributed by atoms with Gasteiger partial charge in [0.05, 0.1) is 29.2 Å². The van der Waals surface area contributed by atoms with Crippen molar-refractivity contribution in [3.8, 4) is 5.75 Å². The molecule has 0 spiro atoms. The highest BCUT2D eigenvalue weighted by atomic mass is 16.4. The molecule has 4 N–H and O–H groups in total. The van der Waals surface area contributed by atoms with Crippen molar-refractivity contribution in [1.29, 1.82) is 0 Å². The molecule has 1 aromatic heterocycles. The molecule has 1 aromatic carbocycles. The van der Waals surface area contributed by atoms with Crippen molar-refractivity contribution < 1.29 is 19.8 Å². The van der Waals surface area contributed by atoms with Gasteiger partial charge in [-0.15, -0.1) is 0 Å². The molecular formula is C13H12N3O4. The standard InChI is InChI=1S/C13H12N3O4/c14-10(4-8-5-15-6-16-8)12(18)9-3-7(13(19)20)1-2-11(9)17/h1-3,5-6,10H,4,14H2,(H,15,16)(H,19,20)/t10-/m0/s1. The highest BCUT2D eigenvalue weighted by molar-refractivity contribution is 6.04. The molecule has 2 rings (SSSR count). The number of carbonyl (C=O) groups is 2. The predicted octanol–water partition coefficient (Wildman–Crippen LogP) is 1.00. The van der Waals surface area contributed by atoms with Gasteiger partial charge in [0.2, 0.25) is 0 Å². The fourth-order valence-electron chi connectivity index (χ4n) is 1.78. The Morgan fingerprint density at radius 1 is 1.40 bits per heavy atom. The summed E-state index contributed by atoms with van der Waals surface area (Å²) in [6.07, 6.45) is 3.22.